The van der Waals surface area contributed by atoms with E-state index in [4.69, 9.17) is 4.74 Å². The van der Waals surface area contributed by atoms with Crippen LogP contribution in [0, 0.1) is 5.82 Å². The summed E-state index contributed by atoms with van der Waals surface area (Å²) < 4.78 is 18.4. The normalized spacial score (nSPS) is 13.7. The smallest absolute Gasteiger partial charge is 0.238 e. The van der Waals surface area contributed by atoms with Gasteiger partial charge in [0.15, 0.2) is 0 Å². The zero-order chi connectivity index (χ0) is 17.6. The van der Waals surface area contributed by atoms with Crippen LogP contribution in [-0.4, -0.2) is 30.0 Å². The molecule has 25 heavy (non-hydrogen) atoms. The number of benzene rings is 2. The Morgan fingerprint density at radius 3 is 2.44 bits per heavy atom. The van der Waals surface area contributed by atoms with Crippen LogP contribution in [0.15, 0.2) is 48.5 Å². The van der Waals surface area contributed by atoms with Crippen LogP contribution in [-0.2, 0) is 11.3 Å². The molecular formula is C20H23FN2O2. The average molecular weight is 342 g/mol. The van der Waals surface area contributed by atoms with Gasteiger partial charge in [0.25, 0.3) is 0 Å². The molecule has 5 heteroatoms. The molecule has 0 atom stereocenters. The molecule has 0 heterocycles. The Kier molecular flexibility index (Phi) is 5.66. The molecule has 0 aromatic heterocycles. The molecule has 0 bridgehead atoms. The van der Waals surface area contributed by atoms with Crippen molar-refractivity contribution < 1.29 is 13.9 Å². The molecule has 0 saturated heterocycles. The number of nitrogens with zero attached hydrogens (tertiary/aromatic N) is 1. The van der Waals surface area contributed by atoms with E-state index in [0.717, 1.165) is 29.8 Å². The molecule has 1 saturated carbocycles. The summed E-state index contributed by atoms with van der Waals surface area (Å²) in [5.74, 6) is 0.504. The van der Waals surface area contributed by atoms with Crippen LogP contribution in [0.2, 0.25) is 0 Å². The fraction of sp³-hybridized carbons (Fsp3) is 0.350. The molecule has 0 unspecified atom stereocenters. The highest BCUT2D eigenvalue weighted by atomic mass is 19.1. The topological polar surface area (TPSA) is 41.6 Å². The molecule has 0 radical (unpaired) electrons. The molecule has 3 rings (SSSR count). The van der Waals surface area contributed by atoms with Gasteiger partial charge < -0.3 is 10.1 Å². The highest BCUT2D eigenvalue weighted by Gasteiger charge is 2.30. The summed E-state index contributed by atoms with van der Waals surface area (Å²) >= 11 is 0. The van der Waals surface area contributed by atoms with E-state index in [1.807, 2.05) is 31.2 Å². The van der Waals surface area contributed by atoms with Crippen molar-refractivity contribution >= 4 is 11.6 Å². The van der Waals surface area contributed by atoms with E-state index in [1.54, 1.807) is 12.1 Å². The van der Waals surface area contributed by atoms with Gasteiger partial charge in [-0.05, 0) is 61.7 Å². The van der Waals surface area contributed by atoms with Crippen molar-refractivity contribution in [3.05, 3.63) is 59.9 Å². The van der Waals surface area contributed by atoms with E-state index >= 15 is 0 Å². The molecule has 1 aliphatic rings. The lowest BCUT2D eigenvalue weighted by molar-refractivity contribution is -0.117. The monoisotopic (exact) mass is 342 g/mol. The van der Waals surface area contributed by atoms with E-state index in [9.17, 15) is 9.18 Å². The average Bonchev–Trinajstić information content (AvgIpc) is 3.43. The van der Waals surface area contributed by atoms with Gasteiger partial charge in [0.1, 0.15) is 11.6 Å². The third-order valence-electron chi connectivity index (χ3n) is 4.16. The molecular weight excluding hydrogens is 319 g/mol. The predicted octanol–water partition coefficient (Wildman–Crippen LogP) is 3.83. The third-order valence-corrected chi connectivity index (χ3v) is 4.16. The maximum Gasteiger partial charge on any atom is 0.238 e. The van der Waals surface area contributed by atoms with Crippen molar-refractivity contribution in [1.82, 2.24) is 4.90 Å². The number of nitrogens with one attached hydrogen (secondary N) is 1. The molecule has 1 aliphatic carbocycles. The van der Waals surface area contributed by atoms with E-state index in [1.165, 1.54) is 12.1 Å². The first-order valence-corrected chi connectivity index (χ1v) is 8.65. The molecule has 4 nitrogen and oxygen atoms in total. The molecule has 2 aromatic rings. The van der Waals surface area contributed by atoms with Gasteiger partial charge in [-0.3, -0.25) is 9.69 Å². The number of carbonyl (C=O) groups is 1. The lowest BCUT2D eigenvalue weighted by atomic mass is 10.2. The Hall–Kier alpha value is -2.40. The minimum atomic E-state index is -0.241. The number of ether oxygens (including phenoxy) is 1. The van der Waals surface area contributed by atoms with Crippen LogP contribution >= 0.6 is 0 Å². The van der Waals surface area contributed by atoms with Crippen molar-refractivity contribution in [3.63, 3.8) is 0 Å². The van der Waals surface area contributed by atoms with Gasteiger partial charge in [0.2, 0.25) is 5.91 Å². The van der Waals surface area contributed by atoms with Gasteiger partial charge >= 0.3 is 0 Å². The Balaban J connectivity index is 1.56. The first-order chi connectivity index (χ1) is 12.1. The summed E-state index contributed by atoms with van der Waals surface area (Å²) in [7, 11) is 0. The van der Waals surface area contributed by atoms with Crippen LogP contribution < -0.4 is 10.1 Å². The van der Waals surface area contributed by atoms with Gasteiger partial charge in [0.05, 0.1) is 13.2 Å². The Bertz CT molecular complexity index is 697. The SMILES string of the molecule is CCOc1ccc(NC(=O)CN(Cc2ccc(F)cc2)C2CC2)cc1. The Morgan fingerprint density at radius 2 is 1.84 bits per heavy atom. The minimum Gasteiger partial charge on any atom is -0.494 e. The van der Waals surface area contributed by atoms with Gasteiger partial charge in [-0.15, -0.1) is 0 Å². The second-order valence-electron chi connectivity index (χ2n) is 6.27. The summed E-state index contributed by atoms with van der Waals surface area (Å²) in [4.78, 5) is 14.5. The van der Waals surface area contributed by atoms with Crippen LogP contribution in [0.4, 0.5) is 10.1 Å². The van der Waals surface area contributed by atoms with E-state index in [2.05, 4.69) is 10.2 Å². The highest BCUT2D eigenvalue weighted by Crippen LogP contribution is 2.28. The van der Waals surface area contributed by atoms with Crippen molar-refractivity contribution in [1.29, 1.82) is 0 Å². The first kappa shape index (κ1) is 17.4. The number of halogens is 1. The maximum absolute atomic E-state index is 13.0. The number of rotatable bonds is 8. The van der Waals surface area contributed by atoms with Crippen LogP contribution in [0.3, 0.4) is 0 Å². The number of carbonyl (C=O) groups excluding carboxylic acids is 1. The fourth-order valence-electron chi connectivity index (χ4n) is 2.76. The molecule has 1 fully saturated rings. The maximum atomic E-state index is 13.0. The van der Waals surface area contributed by atoms with Gasteiger partial charge in [-0.25, -0.2) is 4.39 Å². The third kappa shape index (κ3) is 5.29. The summed E-state index contributed by atoms with van der Waals surface area (Å²) in [6, 6.07) is 14.3. The van der Waals surface area contributed by atoms with Crippen LogP contribution in [0.1, 0.15) is 25.3 Å². The molecule has 1 amide bonds. The number of anilines is 1. The molecule has 0 aliphatic heterocycles. The van der Waals surface area contributed by atoms with Crippen molar-refractivity contribution in [2.24, 2.45) is 0 Å². The van der Waals surface area contributed by atoms with Crippen molar-refractivity contribution in [2.75, 3.05) is 18.5 Å². The molecule has 0 spiro atoms. The second kappa shape index (κ2) is 8.12. The molecule has 2 aromatic carbocycles. The van der Waals surface area contributed by atoms with Crippen LogP contribution in [0.5, 0.6) is 5.75 Å². The first-order valence-electron chi connectivity index (χ1n) is 8.65. The van der Waals surface area contributed by atoms with E-state index in [0.29, 0.717) is 25.7 Å². The van der Waals surface area contributed by atoms with Gasteiger partial charge in [-0.1, -0.05) is 12.1 Å². The fourth-order valence-corrected chi connectivity index (χ4v) is 2.76. The number of amides is 1. The summed E-state index contributed by atoms with van der Waals surface area (Å²) in [5.41, 5.74) is 1.77. The van der Waals surface area contributed by atoms with Crippen molar-refractivity contribution in [2.45, 2.75) is 32.4 Å². The van der Waals surface area contributed by atoms with Gasteiger partial charge in [-0.2, -0.15) is 0 Å². The summed E-state index contributed by atoms with van der Waals surface area (Å²) in [5, 5.41) is 2.92. The van der Waals surface area contributed by atoms with Crippen LogP contribution in [0.25, 0.3) is 0 Å². The minimum absolute atomic E-state index is 0.0434. The Labute approximate surface area is 147 Å². The lowest BCUT2D eigenvalue weighted by Gasteiger charge is -2.21. The lowest BCUT2D eigenvalue weighted by Crippen LogP contribution is -2.34. The second-order valence-corrected chi connectivity index (χ2v) is 6.27. The van der Waals surface area contributed by atoms with Crippen molar-refractivity contribution in [3.8, 4) is 5.75 Å². The van der Waals surface area contributed by atoms with E-state index in [-0.39, 0.29) is 11.7 Å². The predicted molar refractivity (Wildman–Crippen MR) is 96.1 cm³/mol. The zero-order valence-electron chi connectivity index (χ0n) is 14.4. The standard InChI is InChI=1S/C20H23FN2O2/c1-2-25-19-11-7-17(8-12-19)22-20(24)14-23(18-9-10-18)13-15-3-5-16(21)6-4-15/h3-8,11-12,18H,2,9-10,13-14H2,1H3,(H,22,24). The molecule has 132 valence electrons. The zero-order valence-corrected chi connectivity index (χ0v) is 14.4. The Morgan fingerprint density at radius 1 is 1.16 bits per heavy atom. The number of hydrogen-bond acceptors (Lipinski definition) is 3. The summed E-state index contributed by atoms with van der Waals surface area (Å²) in [6.45, 7) is 3.53. The molecule has 1 N–H and O–H groups in total. The summed E-state index contributed by atoms with van der Waals surface area (Å²) in [6.07, 6.45) is 2.22. The van der Waals surface area contributed by atoms with E-state index < -0.39 is 0 Å². The largest absolute Gasteiger partial charge is 0.494 e. The van der Waals surface area contributed by atoms with Gasteiger partial charge in [0, 0.05) is 18.3 Å². The number of hydrogen-bond donors (Lipinski definition) is 1. The highest BCUT2D eigenvalue weighted by molar-refractivity contribution is 5.92. The quantitative estimate of drug-likeness (QED) is 0.793.